The van der Waals surface area contributed by atoms with Gasteiger partial charge in [0.1, 0.15) is 0 Å². The van der Waals surface area contributed by atoms with Crippen LogP contribution in [0.4, 0.5) is 19.3 Å². The number of hydrogen-bond donors (Lipinski definition) is 3. The van der Waals surface area contributed by atoms with Crippen molar-refractivity contribution in [1.29, 1.82) is 0 Å². The van der Waals surface area contributed by atoms with E-state index in [4.69, 9.17) is 5.11 Å². The molecule has 2 atom stereocenters. The fourth-order valence-electron chi connectivity index (χ4n) is 2.85. The zero-order valence-corrected chi connectivity index (χ0v) is 14.3. The quantitative estimate of drug-likeness (QED) is 0.697. The first kappa shape index (κ1) is 18.5. The minimum Gasteiger partial charge on any atom is -0.465 e. The zero-order chi connectivity index (χ0) is 19.6. The summed E-state index contributed by atoms with van der Waals surface area (Å²) in [7, 11) is 0. The number of nitrogens with one attached hydrogen (secondary N) is 2. The van der Waals surface area contributed by atoms with Crippen molar-refractivity contribution in [2.24, 2.45) is 5.92 Å². The molecule has 0 radical (unpaired) electrons. The molecule has 2 bridgehead atoms. The Balaban J connectivity index is 2.17. The molecule has 2 aromatic heterocycles. The highest BCUT2D eigenvalue weighted by atomic mass is 19.3. The van der Waals surface area contributed by atoms with E-state index in [9.17, 15) is 18.4 Å². The molecule has 0 aromatic carbocycles. The zero-order valence-electron chi connectivity index (χ0n) is 14.3. The molecule has 8 nitrogen and oxygen atoms in total. The Bertz CT molecular complexity index is 896. The molecule has 3 rings (SSSR count). The SMILES string of the molecule is C[C@@H]1/C=C/C[C@H](NC(=O)O)c2cncc(c2)-c2c(cnn2C(F)F)NC1=O. The number of nitrogens with zero attached hydrogens (tertiary/aromatic N) is 3. The minimum atomic E-state index is -2.92. The monoisotopic (exact) mass is 377 g/mol. The number of fused-ring (bicyclic) bond motifs is 4. The van der Waals surface area contributed by atoms with E-state index >= 15 is 0 Å². The number of amides is 2. The Labute approximate surface area is 152 Å². The van der Waals surface area contributed by atoms with Gasteiger partial charge in [-0.3, -0.25) is 9.78 Å². The average Bonchev–Trinajstić information content (AvgIpc) is 3.03. The van der Waals surface area contributed by atoms with Gasteiger partial charge in [0.15, 0.2) is 0 Å². The van der Waals surface area contributed by atoms with Crippen molar-refractivity contribution in [1.82, 2.24) is 20.1 Å². The molecule has 1 aliphatic rings. The number of hydrogen-bond acceptors (Lipinski definition) is 4. The fourth-order valence-corrected chi connectivity index (χ4v) is 2.85. The molecule has 0 spiro atoms. The lowest BCUT2D eigenvalue weighted by Crippen LogP contribution is -2.27. The molecule has 0 unspecified atom stereocenters. The third-order valence-corrected chi connectivity index (χ3v) is 4.18. The van der Waals surface area contributed by atoms with Gasteiger partial charge in [-0.2, -0.15) is 13.9 Å². The van der Waals surface area contributed by atoms with E-state index in [1.165, 1.54) is 12.4 Å². The first-order valence-electron chi connectivity index (χ1n) is 8.14. The molecular weight excluding hydrogens is 360 g/mol. The Kier molecular flexibility index (Phi) is 5.15. The number of carboxylic acid groups (broad SMARTS) is 1. The summed E-state index contributed by atoms with van der Waals surface area (Å²) in [5.41, 5.74) is 0.920. The van der Waals surface area contributed by atoms with Crippen LogP contribution in [0.3, 0.4) is 0 Å². The summed E-state index contributed by atoms with van der Waals surface area (Å²) in [6.07, 6.45) is 6.35. The van der Waals surface area contributed by atoms with Crippen molar-refractivity contribution in [3.05, 3.63) is 42.4 Å². The normalized spacial score (nSPS) is 20.8. The second-order valence-corrected chi connectivity index (χ2v) is 6.08. The largest absolute Gasteiger partial charge is 0.465 e. The topological polar surface area (TPSA) is 109 Å². The highest BCUT2D eigenvalue weighted by molar-refractivity contribution is 5.96. The van der Waals surface area contributed by atoms with Crippen LogP contribution >= 0.6 is 0 Å². The Morgan fingerprint density at radius 3 is 2.89 bits per heavy atom. The van der Waals surface area contributed by atoms with E-state index < -0.39 is 30.5 Å². The van der Waals surface area contributed by atoms with Gasteiger partial charge in [0.2, 0.25) is 5.91 Å². The van der Waals surface area contributed by atoms with E-state index in [1.54, 1.807) is 25.1 Å². The predicted molar refractivity (Wildman–Crippen MR) is 92.2 cm³/mol. The lowest BCUT2D eigenvalue weighted by Gasteiger charge is -2.18. The van der Waals surface area contributed by atoms with Gasteiger partial charge in [-0.05, 0) is 18.1 Å². The van der Waals surface area contributed by atoms with Crippen LogP contribution in [0.2, 0.25) is 0 Å². The Hall–Kier alpha value is -3.30. The van der Waals surface area contributed by atoms with Crippen molar-refractivity contribution in [2.45, 2.75) is 25.9 Å². The fraction of sp³-hybridized carbons (Fsp3) is 0.294. The number of carbonyl (C=O) groups excluding carboxylic acids is 1. The molecule has 0 aliphatic carbocycles. The number of carbonyl (C=O) groups is 2. The maximum Gasteiger partial charge on any atom is 0.405 e. The maximum atomic E-state index is 13.4. The summed E-state index contributed by atoms with van der Waals surface area (Å²) in [6, 6.07) is 0.908. The average molecular weight is 377 g/mol. The number of anilines is 1. The Morgan fingerprint density at radius 1 is 1.41 bits per heavy atom. The van der Waals surface area contributed by atoms with Gasteiger partial charge in [-0.25, -0.2) is 9.48 Å². The summed E-state index contributed by atoms with van der Waals surface area (Å²) < 4.78 is 27.3. The van der Waals surface area contributed by atoms with Gasteiger partial charge < -0.3 is 15.7 Å². The third-order valence-electron chi connectivity index (χ3n) is 4.18. The second kappa shape index (κ2) is 7.52. The van der Waals surface area contributed by atoms with E-state index in [1.807, 2.05) is 0 Å². The van der Waals surface area contributed by atoms with Crippen LogP contribution in [0, 0.1) is 5.92 Å². The first-order valence-corrected chi connectivity index (χ1v) is 8.14. The summed E-state index contributed by atoms with van der Waals surface area (Å²) in [6.45, 7) is -1.28. The van der Waals surface area contributed by atoms with Crippen LogP contribution < -0.4 is 10.6 Å². The van der Waals surface area contributed by atoms with Gasteiger partial charge in [-0.1, -0.05) is 19.1 Å². The molecule has 2 amide bonds. The standard InChI is InChI=1S/C17H17F2N5O3/c1-9-3-2-4-12(23-17(26)27)10-5-11(7-20-6-10)14-13(22-15(9)25)8-21-24(14)16(18)19/h2-3,5-9,12,16,23H,4H2,1H3,(H,22,25)(H,26,27)/b3-2+/t9-,12+/m1/s1. The molecule has 142 valence electrons. The number of halogens is 2. The molecule has 3 heterocycles. The van der Waals surface area contributed by atoms with Crippen LogP contribution in [-0.2, 0) is 4.79 Å². The third kappa shape index (κ3) is 3.94. The predicted octanol–water partition coefficient (Wildman–Crippen LogP) is 3.18. The van der Waals surface area contributed by atoms with Crippen molar-refractivity contribution in [3.8, 4) is 11.3 Å². The molecule has 1 aliphatic heterocycles. The summed E-state index contributed by atoms with van der Waals surface area (Å²) in [5, 5.41) is 17.7. The van der Waals surface area contributed by atoms with Crippen LogP contribution in [0.15, 0.2) is 36.8 Å². The second-order valence-electron chi connectivity index (χ2n) is 6.08. The van der Waals surface area contributed by atoms with Crippen LogP contribution in [0.1, 0.15) is 31.5 Å². The van der Waals surface area contributed by atoms with Crippen LogP contribution in [-0.4, -0.2) is 31.9 Å². The van der Waals surface area contributed by atoms with Crippen molar-refractivity contribution < 1.29 is 23.5 Å². The summed E-state index contributed by atoms with van der Waals surface area (Å²) in [5.74, 6) is -0.942. The van der Waals surface area contributed by atoms with E-state index in [0.29, 0.717) is 10.2 Å². The first-order chi connectivity index (χ1) is 12.9. The number of rotatable bonds is 2. The Morgan fingerprint density at radius 2 is 2.19 bits per heavy atom. The summed E-state index contributed by atoms with van der Waals surface area (Å²) in [4.78, 5) is 27.5. The van der Waals surface area contributed by atoms with Crippen molar-refractivity contribution in [2.75, 3.05) is 5.32 Å². The van der Waals surface area contributed by atoms with Gasteiger partial charge >= 0.3 is 12.6 Å². The minimum absolute atomic E-state index is 0.00136. The lowest BCUT2D eigenvalue weighted by atomic mass is 10.0. The number of aromatic nitrogens is 3. The van der Waals surface area contributed by atoms with Gasteiger partial charge in [-0.15, -0.1) is 0 Å². The molecule has 27 heavy (non-hydrogen) atoms. The molecular formula is C17H17F2N5O3. The highest BCUT2D eigenvalue weighted by Crippen LogP contribution is 2.33. The molecule has 3 N–H and O–H groups in total. The molecule has 10 heteroatoms. The van der Waals surface area contributed by atoms with E-state index in [2.05, 4.69) is 20.7 Å². The van der Waals surface area contributed by atoms with E-state index in [0.717, 1.165) is 6.20 Å². The molecule has 0 saturated heterocycles. The van der Waals surface area contributed by atoms with Gasteiger partial charge in [0.05, 0.1) is 29.5 Å². The van der Waals surface area contributed by atoms with Gasteiger partial charge in [0, 0.05) is 18.0 Å². The van der Waals surface area contributed by atoms with E-state index in [-0.39, 0.29) is 23.4 Å². The van der Waals surface area contributed by atoms with Crippen LogP contribution in [0.25, 0.3) is 11.3 Å². The van der Waals surface area contributed by atoms with Crippen molar-refractivity contribution in [3.63, 3.8) is 0 Å². The molecule has 0 saturated carbocycles. The number of pyridine rings is 1. The van der Waals surface area contributed by atoms with Crippen molar-refractivity contribution >= 4 is 17.7 Å². The smallest absolute Gasteiger partial charge is 0.405 e. The lowest BCUT2D eigenvalue weighted by molar-refractivity contribution is -0.118. The summed E-state index contributed by atoms with van der Waals surface area (Å²) >= 11 is 0. The maximum absolute atomic E-state index is 13.4. The number of alkyl halides is 2. The molecule has 2 aromatic rings. The highest BCUT2D eigenvalue weighted by Gasteiger charge is 2.24. The molecule has 0 fully saturated rings. The van der Waals surface area contributed by atoms with Gasteiger partial charge in [0.25, 0.3) is 0 Å². The van der Waals surface area contributed by atoms with Crippen LogP contribution in [0.5, 0.6) is 0 Å².